The number of nitrogens with one attached hydrogen (secondary N) is 1. The molecule has 94 valence electrons. The lowest BCUT2D eigenvalue weighted by atomic mass is 10.0. The van der Waals surface area contributed by atoms with Crippen molar-refractivity contribution in [3.05, 3.63) is 18.0 Å². The van der Waals surface area contributed by atoms with Crippen molar-refractivity contribution in [2.24, 2.45) is 0 Å². The van der Waals surface area contributed by atoms with E-state index in [-0.39, 0.29) is 11.8 Å². The van der Waals surface area contributed by atoms with Crippen molar-refractivity contribution >= 4 is 5.78 Å². The lowest BCUT2D eigenvalue weighted by Crippen LogP contribution is -2.35. The highest BCUT2D eigenvalue weighted by molar-refractivity contribution is 5.99. The molecule has 1 aliphatic heterocycles. The summed E-state index contributed by atoms with van der Waals surface area (Å²) in [5, 5.41) is 7.55. The van der Waals surface area contributed by atoms with Gasteiger partial charge in [-0.15, -0.1) is 0 Å². The van der Waals surface area contributed by atoms with Crippen molar-refractivity contribution in [1.29, 1.82) is 0 Å². The molecule has 2 heterocycles. The van der Waals surface area contributed by atoms with Crippen LogP contribution in [-0.4, -0.2) is 28.2 Å². The Morgan fingerprint density at radius 1 is 1.53 bits per heavy atom. The van der Waals surface area contributed by atoms with Crippen molar-refractivity contribution < 1.29 is 4.79 Å². The molecule has 0 amide bonds. The van der Waals surface area contributed by atoms with Crippen molar-refractivity contribution in [1.82, 2.24) is 15.1 Å². The number of hydrogen-bond acceptors (Lipinski definition) is 3. The van der Waals surface area contributed by atoms with Gasteiger partial charge in [0, 0.05) is 12.7 Å². The van der Waals surface area contributed by atoms with Crippen LogP contribution in [0, 0.1) is 0 Å². The van der Waals surface area contributed by atoms with Gasteiger partial charge < -0.3 is 5.32 Å². The predicted molar refractivity (Wildman–Crippen MR) is 67.1 cm³/mol. The zero-order valence-corrected chi connectivity index (χ0v) is 10.5. The Bertz CT molecular complexity index is 364. The van der Waals surface area contributed by atoms with Gasteiger partial charge in [0.25, 0.3) is 0 Å². The van der Waals surface area contributed by atoms with Gasteiger partial charge in [-0.3, -0.25) is 9.48 Å². The number of nitrogens with zero attached hydrogens (tertiary/aromatic N) is 2. The molecule has 2 rings (SSSR count). The minimum Gasteiger partial charge on any atom is -0.307 e. The van der Waals surface area contributed by atoms with Crippen LogP contribution >= 0.6 is 0 Å². The van der Waals surface area contributed by atoms with E-state index in [0.717, 1.165) is 37.9 Å². The van der Waals surface area contributed by atoms with Gasteiger partial charge in [0.2, 0.25) is 0 Å². The molecule has 0 saturated carbocycles. The fourth-order valence-electron chi connectivity index (χ4n) is 2.30. The van der Waals surface area contributed by atoms with Crippen LogP contribution in [0.4, 0.5) is 0 Å². The largest absolute Gasteiger partial charge is 0.307 e. The van der Waals surface area contributed by atoms with Crippen LogP contribution < -0.4 is 5.32 Å². The van der Waals surface area contributed by atoms with Crippen LogP contribution in [0.1, 0.15) is 49.4 Å². The van der Waals surface area contributed by atoms with Gasteiger partial charge >= 0.3 is 0 Å². The smallest absolute Gasteiger partial charge is 0.182 e. The first kappa shape index (κ1) is 12.3. The quantitative estimate of drug-likeness (QED) is 0.812. The summed E-state index contributed by atoms with van der Waals surface area (Å²) in [7, 11) is 0. The first-order valence-electron chi connectivity index (χ1n) is 6.61. The maximum atomic E-state index is 12.3. The SMILES string of the molecule is CCCn1cc(C(=O)C2CCCCCN2)cn1. The molecule has 0 radical (unpaired) electrons. The summed E-state index contributed by atoms with van der Waals surface area (Å²) in [6.07, 6.45) is 9.12. The number of ketones is 1. The Labute approximate surface area is 102 Å². The Morgan fingerprint density at radius 2 is 2.41 bits per heavy atom. The Hall–Kier alpha value is -1.16. The molecule has 1 aromatic heterocycles. The van der Waals surface area contributed by atoms with Crippen LogP contribution in [0.3, 0.4) is 0 Å². The topological polar surface area (TPSA) is 46.9 Å². The third-order valence-electron chi connectivity index (χ3n) is 3.25. The summed E-state index contributed by atoms with van der Waals surface area (Å²) in [4.78, 5) is 12.3. The molecule has 1 saturated heterocycles. The molecule has 1 fully saturated rings. The van der Waals surface area contributed by atoms with E-state index < -0.39 is 0 Å². The number of hydrogen-bond donors (Lipinski definition) is 1. The van der Waals surface area contributed by atoms with Gasteiger partial charge in [-0.2, -0.15) is 5.10 Å². The molecule has 17 heavy (non-hydrogen) atoms. The van der Waals surface area contributed by atoms with E-state index in [4.69, 9.17) is 0 Å². The summed E-state index contributed by atoms with van der Waals surface area (Å²) in [6.45, 7) is 3.95. The summed E-state index contributed by atoms with van der Waals surface area (Å²) >= 11 is 0. The molecule has 0 aromatic carbocycles. The van der Waals surface area contributed by atoms with E-state index in [1.807, 2.05) is 10.9 Å². The molecule has 1 unspecified atom stereocenters. The summed E-state index contributed by atoms with van der Waals surface area (Å²) in [5.41, 5.74) is 0.748. The molecule has 4 nitrogen and oxygen atoms in total. The summed E-state index contributed by atoms with van der Waals surface area (Å²) in [6, 6.07) is -0.00298. The van der Waals surface area contributed by atoms with Gasteiger partial charge in [-0.25, -0.2) is 0 Å². The third kappa shape index (κ3) is 3.16. The Kier molecular flexibility index (Phi) is 4.31. The van der Waals surface area contributed by atoms with E-state index in [2.05, 4.69) is 17.3 Å². The van der Waals surface area contributed by atoms with Crippen molar-refractivity contribution in [3.63, 3.8) is 0 Å². The zero-order chi connectivity index (χ0) is 12.1. The minimum atomic E-state index is -0.00298. The molecular formula is C13H21N3O. The molecule has 1 aliphatic rings. The van der Waals surface area contributed by atoms with Gasteiger partial charge in [0.1, 0.15) is 0 Å². The van der Waals surface area contributed by atoms with E-state index in [1.165, 1.54) is 12.8 Å². The van der Waals surface area contributed by atoms with E-state index in [1.54, 1.807) is 6.20 Å². The van der Waals surface area contributed by atoms with Gasteiger partial charge in [-0.1, -0.05) is 19.8 Å². The molecule has 1 N–H and O–H groups in total. The molecular weight excluding hydrogens is 214 g/mol. The minimum absolute atomic E-state index is 0.00298. The van der Waals surface area contributed by atoms with Crippen LogP contribution in [0.5, 0.6) is 0 Å². The lowest BCUT2D eigenvalue weighted by molar-refractivity contribution is 0.0940. The number of Topliss-reactive ketones (excluding diaryl/α,β-unsaturated/α-hetero) is 1. The molecule has 1 aromatic rings. The van der Waals surface area contributed by atoms with Crippen LogP contribution in [-0.2, 0) is 6.54 Å². The monoisotopic (exact) mass is 235 g/mol. The average Bonchev–Trinajstić information content (AvgIpc) is 2.64. The van der Waals surface area contributed by atoms with Crippen LogP contribution in [0.25, 0.3) is 0 Å². The van der Waals surface area contributed by atoms with Gasteiger partial charge in [-0.05, 0) is 25.8 Å². The van der Waals surface area contributed by atoms with Gasteiger partial charge in [0.15, 0.2) is 5.78 Å². The van der Waals surface area contributed by atoms with E-state index >= 15 is 0 Å². The number of carbonyl (C=O) groups is 1. The highest BCUT2D eigenvalue weighted by Gasteiger charge is 2.21. The Morgan fingerprint density at radius 3 is 3.24 bits per heavy atom. The summed E-state index contributed by atoms with van der Waals surface area (Å²) < 4.78 is 1.85. The van der Waals surface area contributed by atoms with Crippen molar-refractivity contribution in [2.45, 2.75) is 51.6 Å². The number of carbonyl (C=O) groups excluding carboxylic acids is 1. The zero-order valence-electron chi connectivity index (χ0n) is 10.5. The molecule has 0 spiro atoms. The standard InChI is InChI=1S/C13H21N3O/c1-2-8-16-10-11(9-15-16)13(17)12-6-4-3-5-7-14-12/h9-10,12,14H,2-8H2,1H3. The van der Waals surface area contributed by atoms with Crippen LogP contribution in [0.15, 0.2) is 12.4 Å². The fourth-order valence-corrected chi connectivity index (χ4v) is 2.30. The maximum absolute atomic E-state index is 12.3. The van der Waals surface area contributed by atoms with E-state index in [0.29, 0.717) is 0 Å². The highest BCUT2D eigenvalue weighted by atomic mass is 16.1. The number of aryl methyl sites for hydroxylation is 1. The maximum Gasteiger partial charge on any atom is 0.182 e. The van der Waals surface area contributed by atoms with Crippen LogP contribution in [0.2, 0.25) is 0 Å². The second kappa shape index (κ2) is 5.96. The molecule has 0 bridgehead atoms. The number of aromatic nitrogens is 2. The lowest BCUT2D eigenvalue weighted by Gasteiger charge is -2.12. The van der Waals surface area contributed by atoms with Crippen molar-refractivity contribution in [2.75, 3.05) is 6.54 Å². The molecule has 0 aliphatic carbocycles. The fraction of sp³-hybridized carbons (Fsp3) is 0.692. The molecule has 4 heteroatoms. The molecule has 1 atom stereocenters. The first-order valence-corrected chi connectivity index (χ1v) is 6.61. The third-order valence-corrected chi connectivity index (χ3v) is 3.25. The van der Waals surface area contributed by atoms with Crippen molar-refractivity contribution in [3.8, 4) is 0 Å². The van der Waals surface area contributed by atoms with E-state index in [9.17, 15) is 4.79 Å². The Balaban J connectivity index is 2.01. The normalized spacial score (nSPS) is 21.1. The first-order chi connectivity index (χ1) is 8.31. The predicted octanol–water partition coefficient (Wildman–Crippen LogP) is 2.01. The summed E-state index contributed by atoms with van der Waals surface area (Å²) in [5.74, 6) is 0.203. The van der Waals surface area contributed by atoms with Gasteiger partial charge in [0.05, 0.1) is 17.8 Å². The number of rotatable bonds is 4. The second-order valence-corrected chi connectivity index (χ2v) is 4.71. The average molecular weight is 235 g/mol. The highest BCUT2D eigenvalue weighted by Crippen LogP contribution is 2.13. The second-order valence-electron chi connectivity index (χ2n) is 4.71.